The van der Waals surface area contributed by atoms with Crippen molar-refractivity contribution < 1.29 is 19.1 Å². The second-order valence-electron chi connectivity index (χ2n) is 8.27. The van der Waals surface area contributed by atoms with E-state index in [-0.39, 0.29) is 30.8 Å². The number of hydrogen-bond donors (Lipinski definition) is 0. The first-order valence-electron chi connectivity index (χ1n) is 10.9. The lowest BCUT2D eigenvalue weighted by atomic mass is 9.96. The standard InChI is InChI=1S/C23H29N5O4/c1-17-8-9-26(24-17)16-21(29)28-15-20-22(30)25(12-13-32-2)10-11-27(20)23(31)19(28)14-18-6-4-3-5-7-18/h3-9,19-20H,10-16H2,1-2H3/t19-,20-/m0/s1. The van der Waals surface area contributed by atoms with Crippen LogP contribution in [0.15, 0.2) is 42.6 Å². The van der Waals surface area contributed by atoms with Gasteiger partial charge in [0.25, 0.3) is 0 Å². The van der Waals surface area contributed by atoms with Crippen LogP contribution in [0.4, 0.5) is 0 Å². The Morgan fingerprint density at radius 1 is 1.12 bits per heavy atom. The van der Waals surface area contributed by atoms with Crippen molar-refractivity contribution in [1.29, 1.82) is 0 Å². The zero-order valence-electron chi connectivity index (χ0n) is 18.5. The highest BCUT2D eigenvalue weighted by Gasteiger charge is 2.48. The highest BCUT2D eigenvalue weighted by atomic mass is 16.5. The number of aromatic nitrogens is 2. The maximum Gasteiger partial charge on any atom is 0.247 e. The van der Waals surface area contributed by atoms with Gasteiger partial charge < -0.3 is 19.4 Å². The van der Waals surface area contributed by atoms with E-state index in [0.29, 0.717) is 32.7 Å². The Hall–Kier alpha value is -3.20. The molecular formula is C23H29N5O4. The van der Waals surface area contributed by atoms with Gasteiger partial charge in [0.2, 0.25) is 17.7 Å². The average Bonchev–Trinajstić information content (AvgIpc) is 3.20. The summed E-state index contributed by atoms with van der Waals surface area (Å²) >= 11 is 0. The summed E-state index contributed by atoms with van der Waals surface area (Å²) in [5.41, 5.74) is 1.79. The van der Waals surface area contributed by atoms with Crippen LogP contribution in [0.1, 0.15) is 11.3 Å². The van der Waals surface area contributed by atoms with Crippen molar-refractivity contribution in [2.24, 2.45) is 0 Å². The minimum Gasteiger partial charge on any atom is -0.383 e. The van der Waals surface area contributed by atoms with Crippen LogP contribution >= 0.6 is 0 Å². The van der Waals surface area contributed by atoms with Crippen molar-refractivity contribution in [3.8, 4) is 0 Å². The van der Waals surface area contributed by atoms with Crippen molar-refractivity contribution in [2.75, 3.05) is 39.9 Å². The van der Waals surface area contributed by atoms with E-state index in [9.17, 15) is 14.4 Å². The van der Waals surface area contributed by atoms with E-state index >= 15 is 0 Å². The van der Waals surface area contributed by atoms with Gasteiger partial charge >= 0.3 is 0 Å². The summed E-state index contributed by atoms with van der Waals surface area (Å²) < 4.78 is 6.68. The van der Waals surface area contributed by atoms with E-state index in [4.69, 9.17) is 4.74 Å². The highest BCUT2D eigenvalue weighted by Crippen LogP contribution is 2.25. The molecule has 1 aromatic carbocycles. The van der Waals surface area contributed by atoms with Gasteiger partial charge in [-0.2, -0.15) is 5.10 Å². The summed E-state index contributed by atoms with van der Waals surface area (Å²) in [5.74, 6) is -0.522. The topological polar surface area (TPSA) is 88.0 Å². The fourth-order valence-corrected chi connectivity index (χ4v) is 4.43. The van der Waals surface area contributed by atoms with Crippen LogP contribution in [0.2, 0.25) is 0 Å². The van der Waals surface area contributed by atoms with Crippen LogP contribution in [-0.4, -0.2) is 94.2 Å². The van der Waals surface area contributed by atoms with Crippen molar-refractivity contribution >= 4 is 17.7 Å². The molecule has 3 amide bonds. The molecule has 2 aliphatic rings. The molecule has 0 aliphatic carbocycles. The van der Waals surface area contributed by atoms with E-state index < -0.39 is 12.1 Å². The van der Waals surface area contributed by atoms with Gasteiger partial charge in [0.05, 0.1) is 18.8 Å². The van der Waals surface area contributed by atoms with E-state index in [2.05, 4.69) is 5.10 Å². The number of piperazine rings is 2. The van der Waals surface area contributed by atoms with Gasteiger partial charge in [-0.3, -0.25) is 19.1 Å². The predicted octanol–water partition coefficient (Wildman–Crippen LogP) is 0.331. The number of amides is 3. The number of carbonyl (C=O) groups is 3. The maximum atomic E-state index is 13.5. The molecule has 170 valence electrons. The third kappa shape index (κ3) is 4.52. The van der Waals surface area contributed by atoms with Crippen LogP contribution in [0.3, 0.4) is 0 Å². The van der Waals surface area contributed by atoms with E-state index in [1.807, 2.05) is 43.3 Å². The Bertz CT molecular complexity index is 976. The van der Waals surface area contributed by atoms with Gasteiger partial charge in [-0.25, -0.2) is 0 Å². The number of carbonyl (C=O) groups excluding carboxylic acids is 3. The minimum absolute atomic E-state index is 0.0285. The molecule has 9 nitrogen and oxygen atoms in total. The fourth-order valence-electron chi connectivity index (χ4n) is 4.43. The molecule has 0 bridgehead atoms. The van der Waals surface area contributed by atoms with E-state index in [1.54, 1.807) is 32.7 Å². The van der Waals surface area contributed by atoms with Gasteiger partial charge in [-0.15, -0.1) is 0 Å². The van der Waals surface area contributed by atoms with Gasteiger partial charge in [0.15, 0.2) is 0 Å². The molecule has 32 heavy (non-hydrogen) atoms. The van der Waals surface area contributed by atoms with Crippen LogP contribution in [-0.2, 0) is 32.1 Å². The van der Waals surface area contributed by atoms with Crippen molar-refractivity contribution in [2.45, 2.75) is 32.0 Å². The second-order valence-corrected chi connectivity index (χ2v) is 8.27. The summed E-state index contributed by atoms with van der Waals surface area (Å²) in [6, 6.07) is 10.2. The highest BCUT2D eigenvalue weighted by molar-refractivity contribution is 5.95. The largest absolute Gasteiger partial charge is 0.383 e. The lowest BCUT2D eigenvalue weighted by molar-refractivity contribution is -0.166. The number of nitrogens with zero attached hydrogens (tertiary/aromatic N) is 5. The van der Waals surface area contributed by atoms with Gasteiger partial charge in [0, 0.05) is 39.4 Å². The SMILES string of the molecule is COCCN1CCN2C(=O)[C@H](Cc3ccccc3)N(C(=O)Cn3ccc(C)n3)C[C@H]2C1=O. The summed E-state index contributed by atoms with van der Waals surface area (Å²) in [7, 11) is 1.59. The van der Waals surface area contributed by atoms with Crippen LogP contribution in [0, 0.1) is 6.92 Å². The smallest absolute Gasteiger partial charge is 0.247 e. The van der Waals surface area contributed by atoms with Crippen molar-refractivity contribution in [3.05, 3.63) is 53.9 Å². The third-order valence-electron chi connectivity index (χ3n) is 6.13. The lowest BCUT2D eigenvalue weighted by Gasteiger charge is -2.49. The molecule has 2 aromatic rings. The number of hydrogen-bond acceptors (Lipinski definition) is 5. The van der Waals surface area contributed by atoms with Gasteiger partial charge in [0.1, 0.15) is 18.6 Å². The van der Waals surface area contributed by atoms with Gasteiger partial charge in [-0.05, 0) is 18.6 Å². The number of fused-ring (bicyclic) bond motifs is 1. The fraction of sp³-hybridized carbons (Fsp3) is 0.478. The molecule has 2 fully saturated rings. The number of benzene rings is 1. The Morgan fingerprint density at radius 3 is 2.59 bits per heavy atom. The molecule has 2 saturated heterocycles. The van der Waals surface area contributed by atoms with E-state index in [1.165, 1.54) is 0 Å². The lowest BCUT2D eigenvalue weighted by Crippen LogP contribution is -2.71. The Balaban J connectivity index is 1.59. The summed E-state index contributed by atoms with van der Waals surface area (Å²) in [4.78, 5) is 44.9. The predicted molar refractivity (Wildman–Crippen MR) is 117 cm³/mol. The Morgan fingerprint density at radius 2 is 1.91 bits per heavy atom. The van der Waals surface area contributed by atoms with Crippen molar-refractivity contribution in [1.82, 2.24) is 24.5 Å². The molecule has 3 heterocycles. The summed E-state index contributed by atoms with van der Waals surface area (Å²) in [5, 5.41) is 4.30. The first-order chi connectivity index (χ1) is 15.5. The number of rotatable bonds is 7. The van der Waals surface area contributed by atoms with Gasteiger partial charge in [-0.1, -0.05) is 30.3 Å². The molecular weight excluding hydrogens is 410 g/mol. The molecule has 0 N–H and O–H groups in total. The minimum atomic E-state index is -0.663. The van der Waals surface area contributed by atoms with E-state index in [0.717, 1.165) is 11.3 Å². The van der Waals surface area contributed by atoms with Crippen molar-refractivity contribution in [3.63, 3.8) is 0 Å². The molecule has 4 rings (SSSR count). The summed E-state index contributed by atoms with van der Waals surface area (Å²) in [6.45, 7) is 3.92. The molecule has 0 radical (unpaired) electrons. The van der Waals surface area contributed by atoms with Crippen LogP contribution < -0.4 is 0 Å². The number of aryl methyl sites for hydroxylation is 1. The summed E-state index contributed by atoms with van der Waals surface area (Å²) in [6.07, 6.45) is 2.16. The molecule has 1 aromatic heterocycles. The Labute approximate surface area is 187 Å². The Kier molecular flexibility index (Phi) is 6.55. The zero-order valence-corrected chi connectivity index (χ0v) is 18.5. The number of methoxy groups -OCH3 is 1. The van der Waals surface area contributed by atoms with Crippen LogP contribution in [0.5, 0.6) is 0 Å². The first-order valence-corrected chi connectivity index (χ1v) is 10.9. The molecule has 0 saturated carbocycles. The molecule has 0 unspecified atom stereocenters. The maximum absolute atomic E-state index is 13.5. The molecule has 2 atom stereocenters. The molecule has 2 aliphatic heterocycles. The monoisotopic (exact) mass is 439 g/mol. The zero-order chi connectivity index (χ0) is 22.7. The first kappa shape index (κ1) is 22.0. The molecule has 9 heteroatoms. The third-order valence-corrected chi connectivity index (χ3v) is 6.13. The quantitative estimate of drug-likeness (QED) is 0.621. The van der Waals surface area contributed by atoms with Crippen LogP contribution in [0.25, 0.3) is 0 Å². The second kappa shape index (κ2) is 9.52. The average molecular weight is 440 g/mol. The normalized spacial score (nSPS) is 21.1. The molecule has 0 spiro atoms. The number of ether oxygens (including phenoxy) is 1.